The van der Waals surface area contributed by atoms with E-state index in [1.54, 1.807) is 0 Å². The van der Waals surface area contributed by atoms with Gasteiger partial charge in [-0.3, -0.25) is 14.9 Å². The fourth-order valence-electron chi connectivity index (χ4n) is 1.42. The summed E-state index contributed by atoms with van der Waals surface area (Å²) in [5.41, 5.74) is -0.449. The molecule has 0 aliphatic heterocycles. The van der Waals surface area contributed by atoms with Gasteiger partial charge in [0, 0.05) is 19.2 Å². The number of nitro groups is 1. The van der Waals surface area contributed by atoms with Crippen LogP contribution in [0.5, 0.6) is 0 Å². The van der Waals surface area contributed by atoms with Gasteiger partial charge >= 0.3 is 0 Å². The molecule has 1 aromatic carbocycles. The minimum absolute atomic E-state index is 0.0438. The highest BCUT2D eigenvalue weighted by atomic mass is 35.5. The van der Waals surface area contributed by atoms with Crippen LogP contribution in [0.25, 0.3) is 0 Å². The summed E-state index contributed by atoms with van der Waals surface area (Å²) < 4.78 is 0. The molecule has 6 nitrogen and oxygen atoms in total. The molecule has 0 fully saturated rings. The summed E-state index contributed by atoms with van der Waals surface area (Å²) in [5, 5.41) is 22.0. The molecular weight excluding hydrogens is 260 g/mol. The number of nitrogens with one attached hydrogen (secondary N) is 1. The highest BCUT2D eigenvalue weighted by Gasteiger charge is 2.22. The van der Waals surface area contributed by atoms with Crippen molar-refractivity contribution in [2.45, 2.75) is 12.8 Å². The molecule has 0 unspecified atom stereocenters. The SMILES string of the molecule is O=C(NCCCCO)c1c(Cl)cccc1[N+](=O)[O-]. The van der Waals surface area contributed by atoms with Gasteiger partial charge in [0.05, 0.1) is 9.95 Å². The molecule has 0 saturated heterocycles. The molecule has 1 aromatic rings. The number of hydrogen-bond acceptors (Lipinski definition) is 4. The Kier molecular flexibility index (Phi) is 5.54. The van der Waals surface area contributed by atoms with Crippen molar-refractivity contribution in [2.75, 3.05) is 13.2 Å². The topological polar surface area (TPSA) is 92.5 Å². The number of carbonyl (C=O) groups is 1. The van der Waals surface area contributed by atoms with Gasteiger partial charge in [0.1, 0.15) is 5.56 Å². The van der Waals surface area contributed by atoms with Crippen molar-refractivity contribution in [3.8, 4) is 0 Å². The molecule has 2 N–H and O–H groups in total. The summed E-state index contributed by atoms with van der Waals surface area (Å²) in [4.78, 5) is 21.9. The van der Waals surface area contributed by atoms with Crippen LogP contribution in [0, 0.1) is 10.1 Å². The highest BCUT2D eigenvalue weighted by Crippen LogP contribution is 2.25. The van der Waals surface area contributed by atoms with E-state index >= 15 is 0 Å². The quantitative estimate of drug-likeness (QED) is 0.469. The monoisotopic (exact) mass is 272 g/mol. The highest BCUT2D eigenvalue weighted by molar-refractivity contribution is 6.34. The van der Waals surface area contributed by atoms with Crippen LogP contribution in [0.2, 0.25) is 5.02 Å². The largest absolute Gasteiger partial charge is 0.396 e. The van der Waals surface area contributed by atoms with E-state index in [1.165, 1.54) is 18.2 Å². The number of halogens is 1. The number of rotatable bonds is 6. The van der Waals surface area contributed by atoms with Gasteiger partial charge in [-0.25, -0.2) is 0 Å². The number of amides is 1. The Morgan fingerprint density at radius 2 is 2.17 bits per heavy atom. The van der Waals surface area contributed by atoms with E-state index in [1.807, 2.05) is 0 Å². The molecule has 98 valence electrons. The standard InChI is InChI=1S/C11H13ClN2O4/c12-8-4-3-5-9(14(17)18)10(8)11(16)13-6-1-2-7-15/h3-5,15H,1-2,6-7H2,(H,13,16). The van der Waals surface area contributed by atoms with Crippen molar-refractivity contribution < 1.29 is 14.8 Å². The fraction of sp³-hybridized carbons (Fsp3) is 0.364. The number of carbonyl (C=O) groups excluding carboxylic acids is 1. The van der Waals surface area contributed by atoms with Crippen LogP contribution < -0.4 is 5.32 Å². The smallest absolute Gasteiger partial charge is 0.283 e. The minimum atomic E-state index is -0.644. The van der Waals surface area contributed by atoms with Crippen molar-refractivity contribution in [1.82, 2.24) is 5.32 Å². The predicted molar refractivity (Wildman–Crippen MR) is 66.8 cm³/mol. The van der Waals surface area contributed by atoms with Crippen molar-refractivity contribution >= 4 is 23.2 Å². The summed E-state index contributed by atoms with van der Waals surface area (Å²) in [6.07, 6.45) is 1.16. The lowest BCUT2D eigenvalue weighted by atomic mass is 10.1. The van der Waals surface area contributed by atoms with E-state index in [2.05, 4.69) is 5.32 Å². The van der Waals surface area contributed by atoms with E-state index in [0.717, 1.165) is 0 Å². The van der Waals surface area contributed by atoms with Crippen molar-refractivity contribution in [1.29, 1.82) is 0 Å². The Bertz CT molecular complexity index is 451. The summed E-state index contributed by atoms with van der Waals surface area (Å²) in [7, 11) is 0. The number of nitrogens with zero attached hydrogens (tertiary/aromatic N) is 1. The van der Waals surface area contributed by atoms with Crippen molar-refractivity contribution in [3.63, 3.8) is 0 Å². The molecule has 0 aromatic heterocycles. The van der Waals surface area contributed by atoms with Crippen LogP contribution in [-0.2, 0) is 0 Å². The third kappa shape index (κ3) is 3.68. The summed E-state index contributed by atoms with van der Waals surface area (Å²) in [6.45, 7) is 0.379. The van der Waals surface area contributed by atoms with Crippen LogP contribution >= 0.6 is 11.6 Å². The second-order valence-corrected chi connectivity index (χ2v) is 3.98. The molecule has 0 heterocycles. The average Bonchev–Trinajstić information content (AvgIpc) is 2.34. The Labute approximate surface area is 109 Å². The molecule has 0 aliphatic rings. The molecule has 1 rings (SSSR count). The van der Waals surface area contributed by atoms with Gasteiger partial charge in [0.15, 0.2) is 0 Å². The third-order valence-corrected chi connectivity index (χ3v) is 2.60. The zero-order valence-corrected chi connectivity index (χ0v) is 10.3. The average molecular weight is 273 g/mol. The Balaban J connectivity index is 2.81. The lowest BCUT2D eigenvalue weighted by molar-refractivity contribution is -0.385. The van der Waals surface area contributed by atoms with Crippen LogP contribution in [0.4, 0.5) is 5.69 Å². The lowest BCUT2D eigenvalue weighted by Gasteiger charge is -2.06. The van der Waals surface area contributed by atoms with Crippen molar-refractivity contribution in [2.24, 2.45) is 0 Å². The molecule has 0 aliphatic carbocycles. The van der Waals surface area contributed by atoms with Gasteiger partial charge in [-0.15, -0.1) is 0 Å². The lowest BCUT2D eigenvalue weighted by Crippen LogP contribution is -2.25. The maximum Gasteiger partial charge on any atom is 0.283 e. The van der Waals surface area contributed by atoms with Gasteiger partial charge in [-0.1, -0.05) is 17.7 Å². The van der Waals surface area contributed by atoms with Gasteiger partial charge in [0.25, 0.3) is 11.6 Å². The van der Waals surface area contributed by atoms with E-state index in [0.29, 0.717) is 19.4 Å². The van der Waals surface area contributed by atoms with Crippen LogP contribution in [0.15, 0.2) is 18.2 Å². The number of hydrogen-bond donors (Lipinski definition) is 2. The number of benzene rings is 1. The third-order valence-electron chi connectivity index (χ3n) is 2.29. The Hall–Kier alpha value is -1.66. The normalized spacial score (nSPS) is 10.1. The molecular formula is C11H13ClN2O4. The van der Waals surface area contributed by atoms with Crippen LogP contribution in [-0.4, -0.2) is 29.1 Å². The first-order valence-corrected chi connectivity index (χ1v) is 5.77. The van der Waals surface area contributed by atoms with Crippen molar-refractivity contribution in [3.05, 3.63) is 38.9 Å². The minimum Gasteiger partial charge on any atom is -0.396 e. The molecule has 0 radical (unpaired) electrons. The van der Waals surface area contributed by atoms with E-state index in [4.69, 9.17) is 16.7 Å². The van der Waals surface area contributed by atoms with E-state index < -0.39 is 10.8 Å². The maximum atomic E-state index is 11.8. The zero-order valence-electron chi connectivity index (χ0n) is 9.56. The zero-order chi connectivity index (χ0) is 13.5. The second-order valence-electron chi connectivity index (χ2n) is 3.58. The Morgan fingerprint density at radius 3 is 2.78 bits per heavy atom. The fourth-order valence-corrected chi connectivity index (χ4v) is 1.67. The molecule has 0 saturated carbocycles. The van der Waals surface area contributed by atoms with E-state index in [-0.39, 0.29) is 22.9 Å². The number of aliphatic hydroxyl groups is 1. The maximum absolute atomic E-state index is 11.8. The first kappa shape index (κ1) is 14.4. The van der Waals surface area contributed by atoms with Gasteiger partial charge in [-0.05, 0) is 18.9 Å². The number of unbranched alkanes of at least 4 members (excludes halogenated alkanes) is 1. The van der Waals surface area contributed by atoms with Crippen LogP contribution in [0.3, 0.4) is 0 Å². The van der Waals surface area contributed by atoms with Gasteiger partial charge < -0.3 is 10.4 Å². The molecule has 1 amide bonds. The first-order valence-electron chi connectivity index (χ1n) is 5.40. The summed E-state index contributed by atoms with van der Waals surface area (Å²) in [6, 6.07) is 4.08. The Morgan fingerprint density at radius 1 is 1.44 bits per heavy atom. The molecule has 18 heavy (non-hydrogen) atoms. The van der Waals surface area contributed by atoms with Gasteiger partial charge in [-0.2, -0.15) is 0 Å². The number of aliphatic hydroxyl groups excluding tert-OH is 1. The molecule has 0 bridgehead atoms. The van der Waals surface area contributed by atoms with E-state index in [9.17, 15) is 14.9 Å². The first-order chi connectivity index (χ1) is 8.57. The second kappa shape index (κ2) is 6.93. The number of nitro benzene ring substituents is 1. The van der Waals surface area contributed by atoms with Crippen LogP contribution in [0.1, 0.15) is 23.2 Å². The molecule has 0 spiro atoms. The summed E-state index contributed by atoms with van der Waals surface area (Å²) >= 11 is 5.80. The molecule has 0 atom stereocenters. The molecule has 7 heteroatoms. The predicted octanol–water partition coefficient (Wildman–Crippen LogP) is 1.75. The van der Waals surface area contributed by atoms with Gasteiger partial charge in [0.2, 0.25) is 0 Å². The summed E-state index contributed by atoms with van der Waals surface area (Å²) in [5.74, 6) is -0.578.